The molecule has 1 unspecified atom stereocenters. The third kappa shape index (κ3) is 4.33. The van der Waals surface area contributed by atoms with Crippen molar-refractivity contribution in [3.63, 3.8) is 0 Å². The second-order valence-corrected chi connectivity index (χ2v) is 9.72. The molecule has 3 rings (SSSR count). The maximum Gasteiger partial charge on any atom is 0.252 e. The van der Waals surface area contributed by atoms with E-state index in [1.54, 1.807) is 39.0 Å². The Morgan fingerprint density at radius 2 is 1.66 bits per heavy atom. The highest BCUT2D eigenvalue weighted by molar-refractivity contribution is 7.89. The van der Waals surface area contributed by atoms with Gasteiger partial charge in [0.25, 0.3) is 5.56 Å². The van der Waals surface area contributed by atoms with Crippen LogP contribution in [0.4, 0.5) is 5.69 Å². The van der Waals surface area contributed by atoms with Crippen LogP contribution in [0.15, 0.2) is 58.2 Å². The first kappa shape index (κ1) is 23.7. The third-order valence-corrected chi connectivity index (χ3v) is 7.78. The number of nitrogens with zero attached hydrogens (tertiary/aromatic N) is 2. The summed E-state index contributed by atoms with van der Waals surface area (Å²) >= 11 is 0. The number of pyridine rings is 1. The molecule has 0 bridgehead atoms. The first-order valence-corrected chi connectivity index (χ1v) is 12.1. The smallest absolute Gasteiger partial charge is 0.252 e. The largest absolute Gasteiger partial charge is 0.324 e. The summed E-state index contributed by atoms with van der Waals surface area (Å²) in [5.74, 6) is -0.361. The van der Waals surface area contributed by atoms with Crippen molar-refractivity contribution in [3.8, 4) is 0 Å². The van der Waals surface area contributed by atoms with E-state index in [1.807, 2.05) is 32.0 Å². The molecule has 0 saturated heterocycles. The molecule has 0 aliphatic heterocycles. The number of fused-ring (bicyclic) bond motifs is 1. The predicted molar refractivity (Wildman–Crippen MR) is 128 cm³/mol. The van der Waals surface area contributed by atoms with Crippen LogP contribution in [0.3, 0.4) is 0 Å². The Balaban J connectivity index is 1.90. The maximum atomic E-state index is 13.0. The lowest BCUT2D eigenvalue weighted by Crippen LogP contribution is -2.32. The minimum absolute atomic E-state index is 0.170. The number of rotatable bonds is 7. The van der Waals surface area contributed by atoms with Crippen LogP contribution in [0.2, 0.25) is 0 Å². The molecule has 7 nitrogen and oxygen atoms in total. The fourth-order valence-electron chi connectivity index (χ4n) is 3.91. The number of sulfonamides is 1. The molecule has 0 saturated carbocycles. The van der Waals surface area contributed by atoms with Crippen molar-refractivity contribution in [1.29, 1.82) is 0 Å². The highest BCUT2D eigenvalue weighted by Crippen LogP contribution is 2.24. The van der Waals surface area contributed by atoms with Gasteiger partial charge in [-0.15, -0.1) is 0 Å². The van der Waals surface area contributed by atoms with Gasteiger partial charge in [-0.3, -0.25) is 14.2 Å². The number of carbonyl (C=O) groups is 1. The fourth-order valence-corrected chi connectivity index (χ4v) is 5.37. The number of aryl methyl sites for hydroxylation is 2. The van der Waals surface area contributed by atoms with Crippen LogP contribution >= 0.6 is 0 Å². The average Bonchev–Trinajstić information content (AvgIpc) is 2.75. The molecule has 0 spiro atoms. The lowest BCUT2D eigenvalue weighted by Gasteiger charge is -2.20. The van der Waals surface area contributed by atoms with Gasteiger partial charge in [0, 0.05) is 30.2 Å². The van der Waals surface area contributed by atoms with E-state index in [0.717, 1.165) is 22.0 Å². The molecule has 3 aromatic rings. The molecule has 1 atom stereocenters. The molecule has 0 fully saturated rings. The molecule has 1 aromatic heterocycles. The van der Waals surface area contributed by atoms with Gasteiger partial charge in [0.05, 0.1) is 10.4 Å². The van der Waals surface area contributed by atoms with Gasteiger partial charge in [0.15, 0.2) is 0 Å². The Morgan fingerprint density at radius 3 is 2.25 bits per heavy atom. The molecule has 170 valence electrons. The van der Waals surface area contributed by atoms with Crippen molar-refractivity contribution in [3.05, 3.63) is 70.0 Å². The molecule has 32 heavy (non-hydrogen) atoms. The Kier molecular flexibility index (Phi) is 6.85. The zero-order valence-electron chi connectivity index (χ0n) is 19.0. The SMILES string of the molecule is CCN(CC)S(=O)(=O)c1ccc(NC(=O)C(C)n2c(=O)cc(C)c3cccc(C)c32)cc1. The second-order valence-electron chi connectivity index (χ2n) is 7.79. The van der Waals surface area contributed by atoms with Crippen LogP contribution in [0.5, 0.6) is 0 Å². The van der Waals surface area contributed by atoms with Gasteiger partial charge in [-0.25, -0.2) is 8.42 Å². The van der Waals surface area contributed by atoms with E-state index in [9.17, 15) is 18.0 Å². The Hall–Kier alpha value is -2.97. The van der Waals surface area contributed by atoms with Crippen LogP contribution < -0.4 is 10.9 Å². The van der Waals surface area contributed by atoms with Crippen LogP contribution in [-0.4, -0.2) is 36.3 Å². The number of nitrogens with one attached hydrogen (secondary N) is 1. The Morgan fingerprint density at radius 1 is 1.03 bits per heavy atom. The molecule has 0 radical (unpaired) electrons. The van der Waals surface area contributed by atoms with Crippen molar-refractivity contribution in [2.45, 2.75) is 45.6 Å². The minimum atomic E-state index is -3.57. The summed E-state index contributed by atoms with van der Waals surface area (Å²) in [4.78, 5) is 26.0. The summed E-state index contributed by atoms with van der Waals surface area (Å²) in [7, 11) is -3.57. The van der Waals surface area contributed by atoms with Crippen LogP contribution in [0.25, 0.3) is 10.9 Å². The zero-order chi connectivity index (χ0) is 23.6. The number of hydrogen-bond donors (Lipinski definition) is 1. The molecule has 0 aliphatic carbocycles. The van der Waals surface area contributed by atoms with Gasteiger partial charge in [0.1, 0.15) is 6.04 Å². The molecule has 1 heterocycles. The van der Waals surface area contributed by atoms with Crippen LogP contribution in [0, 0.1) is 13.8 Å². The van der Waals surface area contributed by atoms with Gasteiger partial charge >= 0.3 is 0 Å². The summed E-state index contributed by atoms with van der Waals surface area (Å²) in [6, 6.07) is 12.6. The van der Waals surface area contributed by atoms with Crippen LogP contribution in [0.1, 0.15) is 37.9 Å². The number of carbonyl (C=O) groups excluding carboxylic acids is 1. The molecule has 1 N–H and O–H groups in total. The molecular formula is C24H29N3O4S. The average molecular weight is 456 g/mol. The zero-order valence-corrected chi connectivity index (χ0v) is 19.9. The standard InChI is InChI=1S/C24H29N3O4S/c1-6-26(7-2)32(30,31)20-13-11-19(12-14-20)25-24(29)18(5)27-22(28)15-17(4)21-10-8-9-16(3)23(21)27/h8-15,18H,6-7H2,1-5H3,(H,25,29). The maximum absolute atomic E-state index is 13.0. The monoisotopic (exact) mass is 455 g/mol. The van der Waals surface area contributed by atoms with Gasteiger partial charge in [-0.2, -0.15) is 4.31 Å². The highest BCUT2D eigenvalue weighted by atomic mass is 32.2. The van der Waals surface area contributed by atoms with Crippen molar-refractivity contribution < 1.29 is 13.2 Å². The summed E-state index contributed by atoms with van der Waals surface area (Å²) in [6.45, 7) is 9.81. The second kappa shape index (κ2) is 9.26. The third-order valence-electron chi connectivity index (χ3n) is 5.71. The van der Waals surface area contributed by atoms with E-state index in [-0.39, 0.29) is 16.4 Å². The number of anilines is 1. The normalized spacial score (nSPS) is 12.8. The number of benzene rings is 2. The molecule has 0 aliphatic rings. The van der Waals surface area contributed by atoms with E-state index in [2.05, 4.69) is 5.32 Å². The lowest BCUT2D eigenvalue weighted by molar-refractivity contribution is -0.118. The number of para-hydroxylation sites is 1. The fraction of sp³-hybridized carbons (Fsp3) is 0.333. The quantitative estimate of drug-likeness (QED) is 0.586. The highest BCUT2D eigenvalue weighted by Gasteiger charge is 2.23. The van der Waals surface area contributed by atoms with E-state index >= 15 is 0 Å². The van der Waals surface area contributed by atoms with Gasteiger partial charge in [0.2, 0.25) is 15.9 Å². The van der Waals surface area contributed by atoms with E-state index in [0.29, 0.717) is 18.8 Å². The molecule has 2 aromatic carbocycles. The topological polar surface area (TPSA) is 88.5 Å². The first-order chi connectivity index (χ1) is 15.1. The van der Waals surface area contributed by atoms with Crippen LogP contribution in [-0.2, 0) is 14.8 Å². The van der Waals surface area contributed by atoms with Crippen molar-refractivity contribution >= 4 is 32.5 Å². The van der Waals surface area contributed by atoms with E-state index in [4.69, 9.17) is 0 Å². The Labute approximate surface area is 188 Å². The molecule has 8 heteroatoms. The van der Waals surface area contributed by atoms with Crippen molar-refractivity contribution in [1.82, 2.24) is 8.87 Å². The Bertz CT molecular complexity index is 1310. The minimum Gasteiger partial charge on any atom is -0.324 e. The van der Waals surface area contributed by atoms with E-state index < -0.39 is 16.1 Å². The van der Waals surface area contributed by atoms with Gasteiger partial charge in [-0.05, 0) is 56.2 Å². The summed E-state index contributed by atoms with van der Waals surface area (Å²) in [6.07, 6.45) is 0. The number of aromatic nitrogens is 1. The lowest BCUT2D eigenvalue weighted by atomic mass is 10.1. The van der Waals surface area contributed by atoms with Crippen molar-refractivity contribution in [2.75, 3.05) is 18.4 Å². The summed E-state index contributed by atoms with van der Waals surface area (Å²) in [5, 5.41) is 3.72. The summed E-state index contributed by atoms with van der Waals surface area (Å²) in [5.41, 5.74) is 2.73. The van der Waals surface area contributed by atoms with E-state index in [1.165, 1.54) is 21.0 Å². The first-order valence-electron chi connectivity index (χ1n) is 10.6. The van der Waals surface area contributed by atoms with Crippen molar-refractivity contribution in [2.24, 2.45) is 0 Å². The molecule has 1 amide bonds. The summed E-state index contributed by atoms with van der Waals surface area (Å²) < 4.78 is 28.2. The number of amides is 1. The predicted octanol–water partition coefficient (Wildman–Crippen LogP) is 3.85. The van der Waals surface area contributed by atoms with Gasteiger partial charge in [-0.1, -0.05) is 32.0 Å². The number of hydrogen-bond acceptors (Lipinski definition) is 4. The van der Waals surface area contributed by atoms with Gasteiger partial charge < -0.3 is 5.32 Å². The molecular weight excluding hydrogens is 426 g/mol.